The van der Waals surface area contributed by atoms with E-state index in [4.69, 9.17) is 4.52 Å². The molecule has 5 nitrogen and oxygen atoms in total. The van der Waals surface area contributed by atoms with Crippen LogP contribution in [0.25, 0.3) is 0 Å². The largest absolute Gasteiger partial charge is 0.465 e. The Morgan fingerprint density at radius 3 is 2.27 bits per heavy atom. The number of benzene rings is 2. The number of esters is 1. The maximum absolute atomic E-state index is 12.0. The highest BCUT2D eigenvalue weighted by Crippen LogP contribution is 2.46. The molecule has 2 aromatic rings. The number of carbonyl (C=O) groups is 1. The van der Waals surface area contributed by atoms with Gasteiger partial charge in [0.2, 0.25) is 0 Å². The Morgan fingerprint density at radius 1 is 1.05 bits per heavy atom. The first kappa shape index (κ1) is 16.4. The summed E-state index contributed by atoms with van der Waals surface area (Å²) in [5, 5.41) is 0. The molecule has 116 valence electrons. The highest BCUT2D eigenvalue weighted by atomic mass is 31.2. The van der Waals surface area contributed by atoms with Crippen molar-refractivity contribution in [3.05, 3.63) is 71.3 Å². The van der Waals surface area contributed by atoms with Crippen LogP contribution in [0, 0.1) is 0 Å². The SMILES string of the molecule is COC(=O)c1ccc(COP(=O)(O)Cc2ccccc2)cc1. The number of hydrogen-bond donors (Lipinski definition) is 1. The quantitative estimate of drug-likeness (QED) is 0.652. The predicted molar refractivity (Wildman–Crippen MR) is 82.5 cm³/mol. The zero-order valence-electron chi connectivity index (χ0n) is 12.1. The Kier molecular flexibility index (Phi) is 5.50. The highest BCUT2D eigenvalue weighted by molar-refractivity contribution is 7.51. The molecule has 0 aliphatic heterocycles. The summed E-state index contributed by atoms with van der Waals surface area (Å²) in [5.41, 5.74) is 1.87. The van der Waals surface area contributed by atoms with E-state index in [0.29, 0.717) is 11.1 Å². The lowest BCUT2D eigenvalue weighted by Crippen LogP contribution is -2.01. The van der Waals surface area contributed by atoms with Gasteiger partial charge in [-0.3, -0.25) is 4.57 Å². The molecule has 0 saturated heterocycles. The first-order valence-electron chi connectivity index (χ1n) is 6.68. The summed E-state index contributed by atoms with van der Waals surface area (Å²) in [5.74, 6) is -0.427. The molecule has 6 heteroatoms. The van der Waals surface area contributed by atoms with Gasteiger partial charge >= 0.3 is 13.6 Å². The third kappa shape index (κ3) is 4.81. The Labute approximate surface area is 129 Å². The number of ether oxygens (including phenoxy) is 1. The van der Waals surface area contributed by atoms with E-state index in [9.17, 15) is 14.3 Å². The van der Waals surface area contributed by atoms with E-state index >= 15 is 0 Å². The maximum Gasteiger partial charge on any atom is 0.337 e. The van der Waals surface area contributed by atoms with Crippen molar-refractivity contribution in [1.29, 1.82) is 0 Å². The second-order valence-electron chi connectivity index (χ2n) is 4.74. The van der Waals surface area contributed by atoms with Gasteiger partial charge < -0.3 is 14.2 Å². The molecule has 0 aliphatic rings. The first-order valence-corrected chi connectivity index (χ1v) is 8.44. The van der Waals surface area contributed by atoms with E-state index in [1.807, 2.05) is 6.07 Å². The topological polar surface area (TPSA) is 72.8 Å². The van der Waals surface area contributed by atoms with Crippen LogP contribution in [-0.2, 0) is 26.6 Å². The number of rotatable bonds is 6. The van der Waals surface area contributed by atoms with Crippen LogP contribution in [0.5, 0.6) is 0 Å². The molecule has 2 rings (SSSR count). The van der Waals surface area contributed by atoms with Crippen molar-refractivity contribution in [3.63, 3.8) is 0 Å². The van der Waals surface area contributed by atoms with Crippen LogP contribution < -0.4 is 0 Å². The van der Waals surface area contributed by atoms with Gasteiger partial charge in [-0.1, -0.05) is 42.5 Å². The minimum Gasteiger partial charge on any atom is -0.465 e. The van der Waals surface area contributed by atoms with Gasteiger partial charge in [-0.15, -0.1) is 0 Å². The van der Waals surface area contributed by atoms with E-state index in [0.717, 1.165) is 5.56 Å². The van der Waals surface area contributed by atoms with Gasteiger partial charge in [0.25, 0.3) is 0 Å². The number of hydrogen-bond acceptors (Lipinski definition) is 4. The van der Waals surface area contributed by atoms with Crippen molar-refractivity contribution >= 4 is 13.6 Å². The van der Waals surface area contributed by atoms with Gasteiger partial charge in [0, 0.05) is 0 Å². The minimum atomic E-state index is -3.71. The molecular weight excluding hydrogens is 303 g/mol. The Bertz CT molecular complexity index is 667. The van der Waals surface area contributed by atoms with E-state index in [1.165, 1.54) is 7.11 Å². The third-order valence-corrected chi connectivity index (χ3v) is 4.33. The van der Waals surface area contributed by atoms with E-state index in [-0.39, 0.29) is 12.8 Å². The number of carbonyl (C=O) groups excluding carboxylic acids is 1. The van der Waals surface area contributed by atoms with Crippen LogP contribution in [-0.4, -0.2) is 18.0 Å². The van der Waals surface area contributed by atoms with E-state index in [1.54, 1.807) is 48.5 Å². The van der Waals surface area contributed by atoms with Gasteiger partial charge in [0.1, 0.15) is 0 Å². The van der Waals surface area contributed by atoms with E-state index < -0.39 is 13.6 Å². The molecule has 1 unspecified atom stereocenters. The summed E-state index contributed by atoms with van der Waals surface area (Å²) in [6, 6.07) is 15.5. The lowest BCUT2D eigenvalue weighted by atomic mass is 10.1. The van der Waals surface area contributed by atoms with Crippen LogP contribution in [0.4, 0.5) is 0 Å². The van der Waals surface area contributed by atoms with Gasteiger partial charge in [-0.2, -0.15) is 0 Å². The third-order valence-electron chi connectivity index (χ3n) is 3.03. The second kappa shape index (κ2) is 7.36. The second-order valence-corrected chi connectivity index (χ2v) is 6.59. The molecule has 1 N–H and O–H groups in total. The molecule has 0 aromatic heterocycles. The summed E-state index contributed by atoms with van der Waals surface area (Å²) in [6.45, 7) is 0.00205. The molecule has 0 aliphatic carbocycles. The lowest BCUT2D eigenvalue weighted by Gasteiger charge is -2.12. The average Bonchev–Trinajstić information content (AvgIpc) is 2.53. The van der Waals surface area contributed by atoms with E-state index in [2.05, 4.69) is 4.74 Å². The minimum absolute atomic E-state index is 0.00205. The molecule has 0 bridgehead atoms. The van der Waals surface area contributed by atoms with Crippen molar-refractivity contribution in [2.75, 3.05) is 7.11 Å². The Hall–Kier alpha value is -1.94. The summed E-state index contributed by atoms with van der Waals surface area (Å²) in [7, 11) is -2.40. The van der Waals surface area contributed by atoms with Crippen molar-refractivity contribution in [2.45, 2.75) is 12.8 Å². The highest BCUT2D eigenvalue weighted by Gasteiger charge is 2.20. The van der Waals surface area contributed by atoms with Crippen LogP contribution in [0.1, 0.15) is 21.5 Å². The van der Waals surface area contributed by atoms with Crippen molar-refractivity contribution < 1.29 is 23.5 Å². The molecule has 0 saturated carbocycles. The van der Waals surface area contributed by atoms with Gasteiger partial charge in [-0.05, 0) is 23.3 Å². The fourth-order valence-electron chi connectivity index (χ4n) is 1.89. The van der Waals surface area contributed by atoms with Gasteiger partial charge in [0.05, 0.1) is 25.4 Å². The molecule has 0 amide bonds. The monoisotopic (exact) mass is 320 g/mol. The van der Waals surface area contributed by atoms with Crippen molar-refractivity contribution in [2.24, 2.45) is 0 Å². The number of methoxy groups -OCH3 is 1. The molecule has 0 radical (unpaired) electrons. The molecule has 1 atom stereocenters. The van der Waals surface area contributed by atoms with Gasteiger partial charge in [0.15, 0.2) is 0 Å². The Balaban J connectivity index is 1.94. The zero-order valence-corrected chi connectivity index (χ0v) is 13.0. The average molecular weight is 320 g/mol. The normalized spacial score (nSPS) is 13.4. The molecule has 0 spiro atoms. The first-order chi connectivity index (χ1) is 10.5. The van der Waals surface area contributed by atoms with Crippen molar-refractivity contribution in [3.8, 4) is 0 Å². The molecule has 2 aromatic carbocycles. The molecule has 0 fully saturated rings. The summed E-state index contributed by atoms with van der Waals surface area (Å²) < 4.78 is 21.8. The fraction of sp³-hybridized carbons (Fsp3) is 0.188. The zero-order chi connectivity index (χ0) is 16.0. The predicted octanol–water partition coefficient (Wildman–Crippen LogP) is 3.38. The molecule has 22 heavy (non-hydrogen) atoms. The smallest absolute Gasteiger partial charge is 0.337 e. The summed E-state index contributed by atoms with van der Waals surface area (Å²) >= 11 is 0. The lowest BCUT2D eigenvalue weighted by molar-refractivity contribution is 0.0600. The fourth-order valence-corrected chi connectivity index (χ4v) is 3.00. The van der Waals surface area contributed by atoms with Crippen LogP contribution in [0.2, 0.25) is 0 Å². The Morgan fingerprint density at radius 2 is 1.68 bits per heavy atom. The standard InChI is InChI=1S/C16H17O5P/c1-20-16(17)15-9-7-13(8-10-15)11-21-22(18,19)12-14-5-3-2-4-6-14/h2-10H,11-12H2,1H3,(H,18,19). The van der Waals surface area contributed by atoms with Gasteiger partial charge in [-0.25, -0.2) is 4.79 Å². The molecular formula is C16H17O5P. The molecule has 0 heterocycles. The van der Waals surface area contributed by atoms with Crippen LogP contribution in [0.3, 0.4) is 0 Å². The van der Waals surface area contributed by atoms with Crippen molar-refractivity contribution in [1.82, 2.24) is 0 Å². The maximum atomic E-state index is 12.0. The summed E-state index contributed by atoms with van der Waals surface area (Å²) in [6.07, 6.45) is -0.0336. The van der Waals surface area contributed by atoms with Crippen LogP contribution in [0.15, 0.2) is 54.6 Å². The van der Waals surface area contributed by atoms with Crippen LogP contribution >= 0.6 is 7.60 Å². The summed E-state index contributed by atoms with van der Waals surface area (Å²) in [4.78, 5) is 21.2.